The van der Waals surface area contributed by atoms with Crippen LogP contribution in [0, 0.1) is 11.6 Å². The summed E-state index contributed by atoms with van der Waals surface area (Å²) in [5, 5.41) is 13.4. The molecule has 0 amide bonds. The number of halogens is 2. The zero-order chi connectivity index (χ0) is 15.1. The molecule has 0 saturated heterocycles. The molecule has 1 heterocycles. The van der Waals surface area contributed by atoms with Gasteiger partial charge in [0.15, 0.2) is 11.6 Å². The van der Waals surface area contributed by atoms with E-state index in [1.165, 1.54) is 17.4 Å². The number of hydrogen-bond acceptors (Lipinski definition) is 4. The van der Waals surface area contributed by atoms with Gasteiger partial charge in [0, 0.05) is 12.8 Å². The lowest BCUT2D eigenvalue weighted by Gasteiger charge is -2.00. The van der Waals surface area contributed by atoms with E-state index in [1.807, 2.05) is 0 Å². The van der Waals surface area contributed by atoms with Crippen molar-refractivity contribution in [2.45, 2.75) is 32.6 Å². The third kappa shape index (κ3) is 5.13. The number of aryl methyl sites for hydroxylation is 1. The van der Waals surface area contributed by atoms with Gasteiger partial charge in [0.2, 0.25) is 0 Å². The van der Waals surface area contributed by atoms with Crippen LogP contribution in [-0.4, -0.2) is 23.3 Å². The molecule has 0 aliphatic carbocycles. The third-order valence-corrected chi connectivity index (χ3v) is 4.00. The zero-order valence-electron chi connectivity index (χ0n) is 12.0. The summed E-state index contributed by atoms with van der Waals surface area (Å²) in [6, 6.07) is 3.94. The fourth-order valence-corrected chi connectivity index (χ4v) is 2.87. The second-order valence-corrected chi connectivity index (χ2v) is 6.01. The molecule has 0 aliphatic heterocycles. The minimum absolute atomic E-state index is 0.489. The quantitative estimate of drug-likeness (QED) is 0.760. The number of benzene rings is 1. The fourth-order valence-electron chi connectivity index (χ4n) is 1.95. The molecule has 6 heteroatoms. The second-order valence-electron chi connectivity index (χ2n) is 4.87. The fraction of sp³-hybridized carbons (Fsp3) is 0.467. The zero-order valence-corrected chi connectivity index (χ0v) is 12.8. The van der Waals surface area contributed by atoms with Crippen LogP contribution >= 0.6 is 11.3 Å². The lowest BCUT2D eigenvalue weighted by molar-refractivity contribution is 0.507. The molecule has 0 fully saturated rings. The van der Waals surface area contributed by atoms with E-state index < -0.39 is 11.6 Å². The van der Waals surface area contributed by atoms with Gasteiger partial charge < -0.3 is 5.32 Å². The van der Waals surface area contributed by atoms with Gasteiger partial charge in [-0.3, -0.25) is 0 Å². The Hall–Kier alpha value is -1.40. The summed E-state index contributed by atoms with van der Waals surface area (Å²) in [5.41, 5.74) is 0.709. The minimum Gasteiger partial charge on any atom is -0.317 e. The summed E-state index contributed by atoms with van der Waals surface area (Å²) in [6.45, 7) is 4.16. The van der Waals surface area contributed by atoms with Crippen molar-refractivity contribution < 1.29 is 8.78 Å². The van der Waals surface area contributed by atoms with Gasteiger partial charge in [-0.15, -0.1) is 21.5 Å². The molecule has 0 saturated carbocycles. The smallest absolute Gasteiger partial charge is 0.159 e. The van der Waals surface area contributed by atoms with Crippen LogP contribution in [-0.2, 0) is 12.8 Å². The van der Waals surface area contributed by atoms with E-state index in [0.717, 1.165) is 48.4 Å². The summed E-state index contributed by atoms with van der Waals surface area (Å²) in [4.78, 5) is 0. The van der Waals surface area contributed by atoms with E-state index in [2.05, 4.69) is 22.4 Å². The average molecular weight is 311 g/mol. The second kappa shape index (κ2) is 8.14. The molecular weight excluding hydrogens is 292 g/mol. The Morgan fingerprint density at radius 3 is 2.67 bits per heavy atom. The normalized spacial score (nSPS) is 11.0. The maximum absolute atomic E-state index is 13.1. The van der Waals surface area contributed by atoms with E-state index in [0.29, 0.717) is 12.0 Å². The molecule has 2 aromatic rings. The van der Waals surface area contributed by atoms with Crippen molar-refractivity contribution >= 4 is 11.3 Å². The number of nitrogens with zero attached hydrogens (tertiary/aromatic N) is 2. The highest BCUT2D eigenvalue weighted by molar-refractivity contribution is 7.11. The van der Waals surface area contributed by atoms with Crippen LogP contribution in [0.25, 0.3) is 0 Å². The molecule has 1 N–H and O–H groups in total. The van der Waals surface area contributed by atoms with Crippen molar-refractivity contribution in [2.24, 2.45) is 0 Å². The largest absolute Gasteiger partial charge is 0.317 e. The van der Waals surface area contributed by atoms with E-state index in [-0.39, 0.29) is 0 Å². The molecule has 1 aromatic heterocycles. The van der Waals surface area contributed by atoms with Gasteiger partial charge in [-0.25, -0.2) is 8.78 Å². The Bertz CT molecular complexity index is 572. The topological polar surface area (TPSA) is 37.8 Å². The van der Waals surface area contributed by atoms with E-state index >= 15 is 0 Å². The van der Waals surface area contributed by atoms with Gasteiger partial charge in [-0.2, -0.15) is 0 Å². The van der Waals surface area contributed by atoms with Crippen LogP contribution in [0.1, 0.15) is 35.3 Å². The van der Waals surface area contributed by atoms with Crippen LogP contribution in [0.5, 0.6) is 0 Å². The third-order valence-electron chi connectivity index (χ3n) is 3.02. The number of aromatic nitrogens is 2. The van der Waals surface area contributed by atoms with E-state index in [9.17, 15) is 8.78 Å². The van der Waals surface area contributed by atoms with E-state index in [4.69, 9.17) is 0 Å². The molecule has 1 aromatic carbocycles. The van der Waals surface area contributed by atoms with Crippen molar-refractivity contribution in [3.8, 4) is 0 Å². The van der Waals surface area contributed by atoms with Gasteiger partial charge in [0.25, 0.3) is 0 Å². The first-order valence-electron chi connectivity index (χ1n) is 7.15. The van der Waals surface area contributed by atoms with Gasteiger partial charge in [0.1, 0.15) is 10.0 Å². The van der Waals surface area contributed by atoms with Crippen molar-refractivity contribution in [3.05, 3.63) is 45.4 Å². The van der Waals surface area contributed by atoms with Gasteiger partial charge in [0.05, 0.1) is 0 Å². The van der Waals surface area contributed by atoms with E-state index in [1.54, 1.807) is 6.07 Å². The summed E-state index contributed by atoms with van der Waals surface area (Å²) in [6.07, 6.45) is 3.55. The molecule has 0 atom stereocenters. The molecule has 114 valence electrons. The lowest BCUT2D eigenvalue weighted by Crippen LogP contribution is -2.16. The highest BCUT2D eigenvalue weighted by Crippen LogP contribution is 2.17. The van der Waals surface area contributed by atoms with Crippen molar-refractivity contribution in [3.63, 3.8) is 0 Å². The molecule has 0 spiro atoms. The first-order chi connectivity index (χ1) is 10.2. The molecule has 0 bridgehead atoms. The number of nitrogens with one attached hydrogen (secondary N) is 1. The Labute approximate surface area is 127 Å². The minimum atomic E-state index is -0.823. The molecule has 0 aliphatic rings. The van der Waals surface area contributed by atoms with Crippen molar-refractivity contribution in [1.29, 1.82) is 0 Å². The van der Waals surface area contributed by atoms with Crippen molar-refractivity contribution in [2.75, 3.05) is 13.1 Å². The van der Waals surface area contributed by atoms with Crippen LogP contribution in [0.3, 0.4) is 0 Å². The SMILES string of the molecule is CCCNCCCc1nnc(Cc2ccc(F)c(F)c2)s1. The molecule has 2 rings (SSSR count). The Balaban J connectivity index is 1.83. The number of hydrogen-bond donors (Lipinski definition) is 1. The Morgan fingerprint density at radius 2 is 1.90 bits per heavy atom. The number of rotatable bonds is 8. The molecule has 21 heavy (non-hydrogen) atoms. The lowest BCUT2D eigenvalue weighted by atomic mass is 10.1. The Kier molecular flexibility index (Phi) is 6.20. The molecular formula is C15H19F2N3S. The Morgan fingerprint density at radius 1 is 1.10 bits per heavy atom. The van der Waals surface area contributed by atoms with Crippen molar-refractivity contribution in [1.82, 2.24) is 15.5 Å². The highest BCUT2D eigenvalue weighted by Gasteiger charge is 2.07. The maximum Gasteiger partial charge on any atom is 0.159 e. The average Bonchev–Trinajstić information content (AvgIpc) is 2.90. The van der Waals surface area contributed by atoms with Crippen LogP contribution in [0.15, 0.2) is 18.2 Å². The predicted octanol–water partition coefficient (Wildman–Crippen LogP) is 3.34. The maximum atomic E-state index is 13.1. The first kappa shape index (κ1) is 16.0. The van der Waals surface area contributed by atoms with Gasteiger partial charge in [-0.1, -0.05) is 13.0 Å². The van der Waals surface area contributed by atoms with Gasteiger partial charge >= 0.3 is 0 Å². The monoisotopic (exact) mass is 311 g/mol. The van der Waals surface area contributed by atoms with Crippen LogP contribution in [0.4, 0.5) is 8.78 Å². The highest BCUT2D eigenvalue weighted by atomic mass is 32.1. The van der Waals surface area contributed by atoms with Crippen LogP contribution < -0.4 is 5.32 Å². The van der Waals surface area contributed by atoms with Crippen LogP contribution in [0.2, 0.25) is 0 Å². The van der Waals surface area contributed by atoms with Gasteiger partial charge in [-0.05, 0) is 43.6 Å². The summed E-state index contributed by atoms with van der Waals surface area (Å²) < 4.78 is 26.0. The molecule has 3 nitrogen and oxygen atoms in total. The molecule has 0 radical (unpaired) electrons. The first-order valence-corrected chi connectivity index (χ1v) is 7.96. The predicted molar refractivity (Wildman–Crippen MR) is 80.6 cm³/mol. The standard InChI is InChI=1S/C15H19F2N3S/c1-2-7-18-8-3-4-14-19-20-15(21-14)10-11-5-6-12(16)13(17)9-11/h5-6,9,18H,2-4,7-8,10H2,1H3. The summed E-state index contributed by atoms with van der Waals surface area (Å²) in [7, 11) is 0. The molecule has 0 unspecified atom stereocenters. The summed E-state index contributed by atoms with van der Waals surface area (Å²) >= 11 is 1.54. The summed E-state index contributed by atoms with van der Waals surface area (Å²) in [5.74, 6) is -1.64.